The third-order valence-electron chi connectivity index (χ3n) is 2.04. The maximum absolute atomic E-state index is 10.4. The first-order valence-electron chi connectivity index (χ1n) is 4.39. The summed E-state index contributed by atoms with van der Waals surface area (Å²) in [5.74, 6) is -0.738. The Bertz CT molecular complexity index is 583. The van der Waals surface area contributed by atoms with Gasteiger partial charge in [0, 0.05) is 0 Å². The minimum Gasteiger partial charge on any atom is -0.780 e. The number of hydrogen-bond donors (Lipinski definition) is 1. The molecule has 0 radical (unpaired) electrons. The van der Waals surface area contributed by atoms with Crippen LogP contribution in [0.4, 0.5) is 0 Å². The van der Waals surface area contributed by atoms with Crippen molar-refractivity contribution in [1.82, 2.24) is 0 Å². The number of benzene rings is 2. The first-order valence-corrected chi connectivity index (χ1v) is 5.85. The predicted octanol–water partition coefficient (Wildman–Crippen LogP) is -5.24. The van der Waals surface area contributed by atoms with Crippen LogP contribution in [0.1, 0.15) is 0 Å². The maximum Gasteiger partial charge on any atom is 1.00 e. The Morgan fingerprint density at radius 1 is 1.06 bits per heavy atom. The van der Waals surface area contributed by atoms with E-state index >= 15 is 0 Å². The molecule has 18 heavy (non-hydrogen) atoms. The van der Waals surface area contributed by atoms with E-state index in [1.54, 1.807) is 24.3 Å². The molecule has 2 aromatic rings. The molecule has 0 bridgehead atoms. The van der Waals surface area contributed by atoms with E-state index in [-0.39, 0.29) is 70.6 Å². The van der Waals surface area contributed by atoms with Crippen LogP contribution in [0, 0.1) is 0 Å². The van der Waals surface area contributed by atoms with Crippen molar-refractivity contribution >= 4 is 18.6 Å². The molecule has 0 spiro atoms. The van der Waals surface area contributed by atoms with Crippen LogP contribution >= 0.6 is 7.82 Å². The van der Waals surface area contributed by atoms with Gasteiger partial charge in [-0.1, -0.05) is 24.3 Å². The van der Waals surface area contributed by atoms with E-state index in [1.165, 1.54) is 12.1 Å². The summed E-state index contributed by atoms with van der Waals surface area (Å²) in [6.07, 6.45) is 0. The second-order valence-electron chi connectivity index (χ2n) is 3.21. The number of phenols is 1. The fraction of sp³-hybridized carbons (Fsp3) is 0. The largest absolute Gasteiger partial charge is 1.00 e. The van der Waals surface area contributed by atoms with Crippen LogP contribution in [0.5, 0.6) is 11.5 Å². The summed E-state index contributed by atoms with van der Waals surface area (Å²) >= 11 is 0. The van der Waals surface area contributed by atoms with E-state index in [0.717, 1.165) is 5.39 Å². The average Bonchev–Trinajstić information content (AvgIpc) is 2.17. The Morgan fingerprint density at radius 2 is 1.56 bits per heavy atom. The van der Waals surface area contributed by atoms with Gasteiger partial charge < -0.3 is 24.0 Å². The minimum atomic E-state index is -5.15. The van der Waals surface area contributed by atoms with Gasteiger partial charge in [-0.2, -0.15) is 0 Å². The van der Waals surface area contributed by atoms with Gasteiger partial charge in [0.15, 0.2) is 11.5 Å². The summed E-state index contributed by atoms with van der Waals surface area (Å²) in [6.45, 7) is 0. The molecule has 0 saturated carbocycles. The molecule has 0 aliphatic heterocycles. The number of phosphoric acid groups is 1. The van der Waals surface area contributed by atoms with E-state index < -0.39 is 7.82 Å². The van der Waals surface area contributed by atoms with Crippen LogP contribution in [0.15, 0.2) is 36.4 Å². The predicted molar refractivity (Wildman–Crippen MR) is 53.8 cm³/mol. The molecule has 2 aromatic carbocycles. The standard InChI is InChI=1S/C10H9O5P.2Na/c11-9-5-7-3-1-2-4-8(7)6-10(9)15-16(12,13)14;;/h1-6,11H,(H2,12,13,14);;/q;2*+1/p-2. The van der Waals surface area contributed by atoms with E-state index in [0.29, 0.717) is 5.39 Å². The van der Waals surface area contributed by atoms with Crippen LogP contribution in [0.25, 0.3) is 10.8 Å². The molecular formula is C10H7Na2O5P. The first kappa shape index (κ1) is 18.4. The Labute approximate surface area is 148 Å². The zero-order chi connectivity index (χ0) is 11.8. The van der Waals surface area contributed by atoms with Gasteiger partial charge in [-0.05, 0) is 22.9 Å². The second-order valence-corrected chi connectivity index (χ2v) is 4.28. The topological polar surface area (TPSA) is 92.7 Å². The van der Waals surface area contributed by atoms with E-state index in [2.05, 4.69) is 4.52 Å². The zero-order valence-electron chi connectivity index (χ0n) is 9.99. The molecule has 0 atom stereocenters. The van der Waals surface area contributed by atoms with Crippen LogP contribution < -0.4 is 73.4 Å². The van der Waals surface area contributed by atoms with Crippen molar-refractivity contribution in [2.45, 2.75) is 0 Å². The fourth-order valence-electron chi connectivity index (χ4n) is 1.40. The molecule has 5 nitrogen and oxygen atoms in total. The van der Waals surface area contributed by atoms with Gasteiger partial charge in [-0.25, -0.2) is 0 Å². The number of phenolic OH excluding ortho intramolecular Hbond substituents is 1. The summed E-state index contributed by atoms with van der Waals surface area (Å²) in [6, 6.07) is 9.61. The normalized spacial score (nSPS) is 10.3. The number of aromatic hydroxyl groups is 1. The summed E-state index contributed by atoms with van der Waals surface area (Å²) in [5.41, 5.74) is 0. The van der Waals surface area contributed by atoms with E-state index in [9.17, 15) is 19.5 Å². The van der Waals surface area contributed by atoms with Crippen LogP contribution in [0.2, 0.25) is 0 Å². The fourth-order valence-corrected chi connectivity index (χ4v) is 1.79. The SMILES string of the molecule is O=P([O-])([O-])Oc1cc2ccccc2cc1O.[Na+].[Na+]. The number of hydrogen-bond acceptors (Lipinski definition) is 5. The molecule has 0 aliphatic rings. The molecule has 0 aromatic heterocycles. The molecule has 0 amide bonds. The number of rotatable bonds is 2. The first-order chi connectivity index (χ1) is 7.46. The Hall–Kier alpha value is 0.450. The van der Waals surface area contributed by atoms with Crippen LogP contribution in [-0.4, -0.2) is 5.11 Å². The summed E-state index contributed by atoms with van der Waals surface area (Å²) in [4.78, 5) is 20.9. The monoisotopic (exact) mass is 284 g/mol. The van der Waals surface area contributed by atoms with Gasteiger partial charge in [0.1, 0.15) is 7.82 Å². The molecule has 0 saturated heterocycles. The quantitative estimate of drug-likeness (QED) is 0.439. The van der Waals surface area contributed by atoms with Crippen molar-refractivity contribution < 1.29 is 83.1 Å². The van der Waals surface area contributed by atoms with Gasteiger partial charge in [-0.15, -0.1) is 0 Å². The smallest absolute Gasteiger partial charge is 0.780 e. The molecule has 0 fully saturated rings. The van der Waals surface area contributed by atoms with Crippen molar-refractivity contribution in [3.8, 4) is 11.5 Å². The number of phosphoric ester groups is 1. The van der Waals surface area contributed by atoms with Gasteiger partial charge in [0.05, 0.1) is 0 Å². The molecule has 0 heterocycles. The van der Waals surface area contributed by atoms with Gasteiger partial charge >= 0.3 is 59.1 Å². The third kappa shape index (κ3) is 4.85. The van der Waals surface area contributed by atoms with Crippen molar-refractivity contribution in [2.75, 3.05) is 0 Å². The zero-order valence-corrected chi connectivity index (χ0v) is 14.9. The molecule has 2 rings (SSSR count). The molecule has 1 N–H and O–H groups in total. The third-order valence-corrected chi connectivity index (χ3v) is 2.46. The van der Waals surface area contributed by atoms with Crippen molar-refractivity contribution in [1.29, 1.82) is 0 Å². The van der Waals surface area contributed by atoms with Crippen molar-refractivity contribution in [3.05, 3.63) is 36.4 Å². The van der Waals surface area contributed by atoms with Gasteiger partial charge in [0.25, 0.3) is 0 Å². The molecule has 84 valence electrons. The van der Waals surface area contributed by atoms with E-state index in [1.807, 2.05) is 0 Å². The maximum atomic E-state index is 10.4. The minimum absolute atomic E-state index is 0. The van der Waals surface area contributed by atoms with Crippen LogP contribution in [0.3, 0.4) is 0 Å². The molecule has 0 unspecified atom stereocenters. The molecular weight excluding hydrogens is 277 g/mol. The van der Waals surface area contributed by atoms with Crippen LogP contribution in [-0.2, 0) is 4.57 Å². The number of fused-ring (bicyclic) bond motifs is 1. The Balaban J connectivity index is 0.00000144. The average molecular weight is 284 g/mol. The van der Waals surface area contributed by atoms with Gasteiger partial charge in [0.2, 0.25) is 0 Å². The Kier molecular flexibility index (Phi) is 7.47. The van der Waals surface area contributed by atoms with E-state index in [4.69, 9.17) is 0 Å². The summed E-state index contributed by atoms with van der Waals surface area (Å²) < 4.78 is 14.6. The molecule has 8 heteroatoms. The Morgan fingerprint density at radius 3 is 2.06 bits per heavy atom. The second kappa shape index (κ2) is 7.29. The summed E-state index contributed by atoms with van der Waals surface area (Å²) in [7, 11) is -5.15. The summed E-state index contributed by atoms with van der Waals surface area (Å²) in [5, 5.41) is 10.8. The van der Waals surface area contributed by atoms with Crippen molar-refractivity contribution in [2.24, 2.45) is 0 Å². The van der Waals surface area contributed by atoms with Gasteiger partial charge in [-0.3, -0.25) is 0 Å². The van der Waals surface area contributed by atoms with Crippen molar-refractivity contribution in [3.63, 3.8) is 0 Å². The molecule has 0 aliphatic carbocycles.